The molecule has 2 rings (SSSR count). The number of fused-ring (bicyclic) bond motifs is 1. The number of nitrogens with one attached hydrogen (secondary N) is 1. The second kappa shape index (κ2) is 3.11. The number of nitrogen functional groups attached to an aromatic ring is 1. The van der Waals surface area contributed by atoms with E-state index >= 15 is 0 Å². The maximum atomic E-state index is 11.0. The van der Waals surface area contributed by atoms with Gasteiger partial charge in [-0.05, 0) is 0 Å². The number of hydrogen-bond acceptors (Lipinski definition) is 5. The lowest BCUT2D eigenvalue weighted by Gasteiger charge is -1.98. The van der Waals surface area contributed by atoms with E-state index in [1.807, 2.05) is 0 Å². The highest BCUT2D eigenvalue weighted by Gasteiger charge is 2.07. The Morgan fingerprint density at radius 1 is 1.64 bits per heavy atom. The van der Waals surface area contributed by atoms with Crippen LogP contribution in [0.2, 0.25) is 0 Å². The van der Waals surface area contributed by atoms with Gasteiger partial charge in [-0.1, -0.05) is 0 Å². The Morgan fingerprint density at radius 3 is 3.14 bits per heavy atom. The molecule has 14 heavy (non-hydrogen) atoms. The molecular formula is C7H9N5O2. The summed E-state index contributed by atoms with van der Waals surface area (Å²) < 4.78 is 1.43. The highest BCUT2D eigenvalue weighted by Crippen LogP contribution is 2.13. The number of nitrogens with zero attached hydrogens (tertiary/aromatic N) is 3. The summed E-state index contributed by atoms with van der Waals surface area (Å²) in [6.45, 7) is 0.227. The number of nitrogens with two attached hydrogens (primary N) is 1. The van der Waals surface area contributed by atoms with Gasteiger partial charge >= 0.3 is 5.69 Å². The molecule has 0 aliphatic carbocycles. The van der Waals surface area contributed by atoms with Crippen LogP contribution in [0.4, 0.5) is 5.82 Å². The van der Waals surface area contributed by atoms with E-state index in [1.54, 1.807) is 0 Å². The van der Waals surface area contributed by atoms with Crippen molar-refractivity contribution < 1.29 is 5.11 Å². The maximum absolute atomic E-state index is 11.0. The number of aliphatic hydroxyl groups excluding tert-OH is 1. The quantitative estimate of drug-likeness (QED) is 0.551. The van der Waals surface area contributed by atoms with Gasteiger partial charge in [-0.3, -0.25) is 4.98 Å². The molecule has 0 aliphatic rings. The fourth-order valence-electron chi connectivity index (χ4n) is 1.25. The van der Waals surface area contributed by atoms with Gasteiger partial charge in [-0.25, -0.2) is 9.48 Å². The minimum atomic E-state index is -0.519. The number of aromatic amines is 1. The normalized spacial score (nSPS) is 10.9. The highest BCUT2D eigenvalue weighted by molar-refractivity contribution is 5.84. The van der Waals surface area contributed by atoms with Gasteiger partial charge in [0.25, 0.3) is 0 Å². The molecule has 2 heterocycles. The minimum Gasteiger partial charge on any atom is -0.394 e. The second-order valence-electron chi connectivity index (χ2n) is 2.78. The Labute approximate surface area is 78.2 Å². The van der Waals surface area contributed by atoms with Gasteiger partial charge in [0.15, 0.2) is 5.65 Å². The first kappa shape index (κ1) is 8.70. The molecule has 0 amide bonds. The number of aromatic nitrogens is 4. The highest BCUT2D eigenvalue weighted by atomic mass is 16.3. The second-order valence-corrected chi connectivity index (χ2v) is 2.78. The van der Waals surface area contributed by atoms with E-state index in [9.17, 15) is 4.79 Å². The first-order valence-corrected chi connectivity index (χ1v) is 4.04. The van der Waals surface area contributed by atoms with Gasteiger partial charge in [0.1, 0.15) is 5.82 Å². The van der Waals surface area contributed by atoms with Crippen molar-refractivity contribution in [2.24, 2.45) is 0 Å². The van der Waals surface area contributed by atoms with E-state index in [1.165, 1.54) is 10.9 Å². The molecule has 0 fully saturated rings. The summed E-state index contributed by atoms with van der Waals surface area (Å²) in [7, 11) is 0. The third-order valence-corrected chi connectivity index (χ3v) is 1.86. The topological polar surface area (TPSA) is 110 Å². The number of hydrogen-bond donors (Lipinski definition) is 3. The summed E-state index contributed by atoms with van der Waals surface area (Å²) in [5.41, 5.74) is 5.43. The van der Waals surface area contributed by atoms with Crippen LogP contribution in [0.5, 0.6) is 0 Å². The molecule has 2 aromatic heterocycles. The first-order valence-electron chi connectivity index (χ1n) is 4.04. The van der Waals surface area contributed by atoms with Gasteiger partial charge in [0.2, 0.25) is 0 Å². The lowest BCUT2D eigenvalue weighted by Crippen LogP contribution is -2.15. The van der Waals surface area contributed by atoms with Crippen LogP contribution in [0.3, 0.4) is 0 Å². The van der Waals surface area contributed by atoms with Crippen molar-refractivity contribution in [3.05, 3.63) is 16.7 Å². The first-order chi connectivity index (χ1) is 6.72. The third-order valence-electron chi connectivity index (χ3n) is 1.86. The van der Waals surface area contributed by atoms with E-state index in [2.05, 4.69) is 15.1 Å². The number of H-pyrrole nitrogens is 1. The largest absolute Gasteiger partial charge is 0.394 e. The zero-order chi connectivity index (χ0) is 10.1. The van der Waals surface area contributed by atoms with Crippen LogP contribution in [0.25, 0.3) is 11.0 Å². The Hall–Kier alpha value is -1.89. The van der Waals surface area contributed by atoms with Crippen molar-refractivity contribution in [3.63, 3.8) is 0 Å². The Bertz CT molecular complexity index is 514. The summed E-state index contributed by atoms with van der Waals surface area (Å²) in [5, 5.41) is 13.3. The molecule has 0 aliphatic heterocycles. The van der Waals surface area contributed by atoms with E-state index in [0.29, 0.717) is 17.6 Å². The molecule has 0 unspecified atom stereocenters. The smallest absolute Gasteiger partial charge is 0.348 e. The summed E-state index contributed by atoms with van der Waals surface area (Å²) in [6.07, 6.45) is 1.50. The molecule has 0 bridgehead atoms. The molecule has 74 valence electrons. The number of rotatable bonds is 2. The summed E-state index contributed by atoms with van der Waals surface area (Å²) in [5.74, 6) is 0.240. The van der Waals surface area contributed by atoms with Crippen LogP contribution >= 0.6 is 0 Å². The fraction of sp³-hybridized carbons (Fsp3) is 0.286. The minimum absolute atomic E-state index is 0.0643. The lowest BCUT2D eigenvalue weighted by atomic mass is 10.4. The summed E-state index contributed by atoms with van der Waals surface area (Å²) in [6, 6.07) is 0. The average molecular weight is 195 g/mol. The van der Waals surface area contributed by atoms with Gasteiger partial charge in [-0.15, -0.1) is 0 Å². The van der Waals surface area contributed by atoms with Crippen LogP contribution in [0.15, 0.2) is 11.0 Å². The summed E-state index contributed by atoms with van der Waals surface area (Å²) >= 11 is 0. The SMILES string of the molecule is Nc1[nH]c(=O)nc2c1cnn2CCO. The molecule has 7 nitrogen and oxygen atoms in total. The van der Waals surface area contributed by atoms with E-state index in [0.717, 1.165) is 0 Å². The van der Waals surface area contributed by atoms with E-state index in [4.69, 9.17) is 10.8 Å². The lowest BCUT2D eigenvalue weighted by molar-refractivity contribution is 0.271. The van der Waals surface area contributed by atoms with Crippen LogP contribution in [-0.2, 0) is 6.54 Å². The predicted molar refractivity (Wildman–Crippen MR) is 49.6 cm³/mol. The Morgan fingerprint density at radius 2 is 2.43 bits per heavy atom. The van der Waals surface area contributed by atoms with Crippen molar-refractivity contribution in [1.82, 2.24) is 19.7 Å². The molecule has 0 saturated carbocycles. The molecule has 2 aromatic rings. The Balaban J connectivity index is 2.72. The summed E-state index contributed by atoms with van der Waals surface area (Å²) in [4.78, 5) is 17.1. The Kier molecular flexibility index (Phi) is 1.93. The third kappa shape index (κ3) is 1.23. The average Bonchev–Trinajstić information content (AvgIpc) is 2.49. The van der Waals surface area contributed by atoms with Crippen molar-refractivity contribution in [2.45, 2.75) is 6.54 Å². The van der Waals surface area contributed by atoms with Crippen LogP contribution < -0.4 is 11.4 Å². The molecule has 4 N–H and O–H groups in total. The monoisotopic (exact) mass is 195 g/mol. The van der Waals surface area contributed by atoms with Gasteiger partial charge in [0, 0.05) is 0 Å². The molecule has 0 saturated heterocycles. The van der Waals surface area contributed by atoms with E-state index < -0.39 is 5.69 Å². The zero-order valence-electron chi connectivity index (χ0n) is 7.27. The van der Waals surface area contributed by atoms with Gasteiger partial charge < -0.3 is 10.8 Å². The number of anilines is 1. The maximum Gasteiger partial charge on any atom is 0.348 e. The van der Waals surface area contributed by atoms with Crippen LogP contribution in [-0.4, -0.2) is 31.5 Å². The fourth-order valence-corrected chi connectivity index (χ4v) is 1.25. The molecule has 0 spiro atoms. The molecule has 0 aromatic carbocycles. The molecule has 0 atom stereocenters. The van der Waals surface area contributed by atoms with Crippen molar-refractivity contribution in [1.29, 1.82) is 0 Å². The standard InChI is InChI=1S/C7H9N5O2/c8-5-4-3-9-12(1-2-13)6(4)11-7(14)10-5/h3,13H,1-2H2,(H3,8,10,11,14). The zero-order valence-corrected chi connectivity index (χ0v) is 7.27. The van der Waals surface area contributed by atoms with Crippen LogP contribution in [0, 0.1) is 0 Å². The van der Waals surface area contributed by atoms with Crippen LogP contribution in [0.1, 0.15) is 0 Å². The van der Waals surface area contributed by atoms with Crippen molar-refractivity contribution >= 4 is 16.9 Å². The van der Waals surface area contributed by atoms with Crippen molar-refractivity contribution in [3.8, 4) is 0 Å². The molecule has 0 radical (unpaired) electrons. The van der Waals surface area contributed by atoms with E-state index in [-0.39, 0.29) is 12.4 Å². The van der Waals surface area contributed by atoms with Crippen molar-refractivity contribution in [2.75, 3.05) is 12.3 Å². The van der Waals surface area contributed by atoms with Gasteiger partial charge in [-0.2, -0.15) is 10.1 Å². The molecular weight excluding hydrogens is 186 g/mol. The molecule has 7 heteroatoms. The predicted octanol–water partition coefficient (Wildman–Crippen LogP) is -1.31. The van der Waals surface area contributed by atoms with Gasteiger partial charge in [0.05, 0.1) is 24.7 Å². The number of aliphatic hydroxyl groups is 1.